The number of carbonyl (C=O) groups excluding carboxylic acids is 1. The third kappa shape index (κ3) is 3.09. The average molecular weight is 342 g/mol. The zero-order chi connectivity index (χ0) is 16.4. The van der Waals surface area contributed by atoms with Crippen molar-refractivity contribution in [2.45, 2.75) is 44.6 Å². The molecule has 0 amide bonds. The number of thioether (sulfide) groups is 1. The molecule has 0 spiro atoms. The Hall–Kier alpha value is -1.75. The fraction of sp³-hybridized carbons (Fsp3) is 0.474. The fourth-order valence-electron chi connectivity index (χ4n) is 3.54. The summed E-state index contributed by atoms with van der Waals surface area (Å²) in [6.07, 6.45) is 6.38. The topological polar surface area (TPSA) is 44.1 Å². The van der Waals surface area contributed by atoms with Crippen LogP contribution in [0.15, 0.2) is 30.3 Å². The highest BCUT2D eigenvalue weighted by atomic mass is 32.2. The summed E-state index contributed by atoms with van der Waals surface area (Å²) in [6, 6.07) is 10.1. The lowest BCUT2D eigenvalue weighted by atomic mass is 10.1. The summed E-state index contributed by atoms with van der Waals surface area (Å²) in [6.45, 7) is 0. The molecule has 126 valence electrons. The van der Waals surface area contributed by atoms with E-state index >= 15 is 0 Å². The molecule has 4 nitrogen and oxygen atoms in total. The van der Waals surface area contributed by atoms with Crippen LogP contribution >= 0.6 is 11.8 Å². The van der Waals surface area contributed by atoms with E-state index < -0.39 is 0 Å². The highest BCUT2D eigenvalue weighted by Crippen LogP contribution is 2.28. The zero-order valence-electron chi connectivity index (χ0n) is 13.7. The first-order valence-corrected chi connectivity index (χ1v) is 9.93. The van der Waals surface area contributed by atoms with Crippen molar-refractivity contribution in [2.75, 3.05) is 11.5 Å². The van der Waals surface area contributed by atoms with Crippen molar-refractivity contribution in [2.24, 2.45) is 0 Å². The van der Waals surface area contributed by atoms with Crippen molar-refractivity contribution < 1.29 is 9.53 Å². The highest BCUT2D eigenvalue weighted by Gasteiger charge is 2.28. The molecular formula is C19H22N2O2S. The summed E-state index contributed by atoms with van der Waals surface area (Å²) in [4.78, 5) is 12.7. The van der Waals surface area contributed by atoms with Crippen molar-refractivity contribution in [3.05, 3.63) is 47.3 Å². The van der Waals surface area contributed by atoms with Crippen molar-refractivity contribution in [1.82, 2.24) is 9.78 Å². The number of nitrogens with zero attached hydrogens (tertiary/aromatic N) is 2. The normalized spacial score (nSPS) is 20.4. The second-order valence-corrected chi connectivity index (χ2v) is 7.62. The number of esters is 1. The standard InChI is InChI=1S/C19H22N2O2S/c22-19(23-15-11-12-24-13-15)18-16-9-5-2-6-10-17(16)21(20-18)14-7-3-1-4-8-14/h1,3-4,7-8,15H,2,5-6,9-13H2/t15-/m1/s1. The Labute approximate surface area is 146 Å². The lowest BCUT2D eigenvalue weighted by Crippen LogP contribution is -2.19. The summed E-state index contributed by atoms with van der Waals surface area (Å²) >= 11 is 1.85. The number of hydrogen-bond donors (Lipinski definition) is 0. The molecule has 1 saturated heterocycles. The molecule has 1 aliphatic heterocycles. The lowest BCUT2D eigenvalue weighted by Gasteiger charge is -2.10. The van der Waals surface area contributed by atoms with Crippen molar-refractivity contribution in [1.29, 1.82) is 0 Å². The maximum atomic E-state index is 12.7. The van der Waals surface area contributed by atoms with E-state index in [0.29, 0.717) is 5.69 Å². The van der Waals surface area contributed by atoms with E-state index in [-0.39, 0.29) is 12.1 Å². The number of aromatic nitrogens is 2. The molecule has 0 bridgehead atoms. The van der Waals surface area contributed by atoms with E-state index in [1.807, 2.05) is 46.8 Å². The summed E-state index contributed by atoms with van der Waals surface area (Å²) < 4.78 is 7.68. The van der Waals surface area contributed by atoms with Gasteiger partial charge in [-0.25, -0.2) is 9.48 Å². The van der Waals surface area contributed by atoms with Crippen LogP contribution in [0.3, 0.4) is 0 Å². The smallest absolute Gasteiger partial charge is 0.359 e. The van der Waals surface area contributed by atoms with Crippen LogP contribution in [0, 0.1) is 0 Å². The molecule has 0 N–H and O–H groups in total. The number of carbonyl (C=O) groups is 1. The van der Waals surface area contributed by atoms with Crippen molar-refractivity contribution in [3.8, 4) is 5.69 Å². The van der Waals surface area contributed by atoms with Crippen molar-refractivity contribution in [3.63, 3.8) is 0 Å². The number of ether oxygens (including phenoxy) is 1. The van der Waals surface area contributed by atoms with Gasteiger partial charge in [0.2, 0.25) is 0 Å². The summed E-state index contributed by atoms with van der Waals surface area (Å²) in [5.74, 6) is 1.75. The SMILES string of the molecule is O=C(O[C@@H]1CCSC1)c1nn(-c2ccccc2)c2c1CCCCC2. The highest BCUT2D eigenvalue weighted by molar-refractivity contribution is 7.99. The molecule has 1 aliphatic carbocycles. The van der Waals surface area contributed by atoms with Crippen LogP contribution in [0.4, 0.5) is 0 Å². The van der Waals surface area contributed by atoms with Gasteiger partial charge in [-0.2, -0.15) is 16.9 Å². The van der Waals surface area contributed by atoms with Gasteiger partial charge >= 0.3 is 5.97 Å². The third-order valence-electron chi connectivity index (χ3n) is 4.79. The van der Waals surface area contributed by atoms with Crippen LogP contribution in [-0.2, 0) is 17.6 Å². The number of hydrogen-bond acceptors (Lipinski definition) is 4. The summed E-state index contributed by atoms with van der Waals surface area (Å²) in [5.41, 5.74) is 3.84. The molecule has 5 heteroatoms. The molecule has 1 fully saturated rings. The number of fused-ring (bicyclic) bond motifs is 1. The molecular weight excluding hydrogens is 320 g/mol. The quantitative estimate of drug-likeness (QED) is 0.628. The average Bonchev–Trinajstić information content (AvgIpc) is 3.17. The fourth-order valence-corrected chi connectivity index (χ4v) is 4.63. The molecule has 2 heterocycles. The van der Waals surface area contributed by atoms with E-state index in [0.717, 1.165) is 54.9 Å². The predicted octanol–water partition coefficient (Wildman–Crippen LogP) is 3.80. The van der Waals surface area contributed by atoms with Gasteiger partial charge in [-0.15, -0.1) is 0 Å². The molecule has 0 radical (unpaired) electrons. The first kappa shape index (κ1) is 15.8. The van der Waals surface area contributed by atoms with Gasteiger partial charge < -0.3 is 4.74 Å². The predicted molar refractivity (Wildman–Crippen MR) is 96.0 cm³/mol. The Bertz CT molecular complexity index is 720. The molecule has 24 heavy (non-hydrogen) atoms. The van der Waals surface area contributed by atoms with Crippen LogP contribution in [0.1, 0.15) is 47.4 Å². The number of rotatable bonds is 3. The Morgan fingerprint density at radius 1 is 1.17 bits per heavy atom. The minimum Gasteiger partial charge on any atom is -0.457 e. The second kappa shape index (κ2) is 7.01. The molecule has 2 aromatic rings. The molecule has 1 aromatic heterocycles. The van der Waals surface area contributed by atoms with E-state index in [9.17, 15) is 4.79 Å². The number of benzene rings is 1. The Morgan fingerprint density at radius 2 is 2.00 bits per heavy atom. The minimum absolute atomic E-state index is 0.0470. The van der Waals surface area contributed by atoms with E-state index in [1.165, 1.54) is 12.1 Å². The van der Waals surface area contributed by atoms with Gasteiger partial charge in [0, 0.05) is 17.0 Å². The van der Waals surface area contributed by atoms with Crippen LogP contribution in [-0.4, -0.2) is 33.4 Å². The van der Waals surface area contributed by atoms with Gasteiger partial charge in [0.15, 0.2) is 5.69 Å². The van der Waals surface area contributed by atoms with Crippen LogP contribution in [0.2, 0.25) is 0 Å². The van der Waals surface area contributed by atoms with Gasteiger partial charge in [-0.05, 0) is 50.0 Å². The Balaban J connectivity index is 1.71. The largest absolute Gasteiger partial charge is 0.457 e. The van der Waals surface area contributed by atoms with E-state index in [1.54, 1.807) is 0 Å². The Morgan fingerprint density at radius 3 is 2.79 bits per heavy atom. The van der Waals surface area contributed by atoms with E-state index in [2.05, 4.69) is 5.10 Å². The molecule has 0 unspecified atom stereocenters. The first-order valence-electron chi connectivity index (χ1n) is 8.78. The van der Waals surface area contributed by atoms with Crippen LogP contribution in [0.5, 0.6) is 0 Å². The van der Waals surface area contributed by atoms with E-state index in [4.69, 9.17) is 4.74 Å². The van der Waals surface area contributed by atoms with Crippen LogP contribution < -0.4 is 0 Å². The molecule has 1 atom stereocenters. The summed E-state index contributed by atoms with van der Waals surface area (Å²) in [7, 11) is 0. The molecule has 4 rings (SSSR count). The van der Waals surface area contributed by atoms with Gasteiger partial charge in [0.25, 0.3) is 0 Å². The minimum atomic E-state index is -0.240. The first-order chi connectivity index (χ1) is 11.8. The lowest BCUT2D eigenvalue weighted by molar-refractivity contribution is 0.0348. The maximum Gasteiger partial charge on any atom is 0.359 e. The Kier molecular flexibility index (Phi) is 4.60. The number of para-hydroxylation sites is 1. The van der Waals surface area contributed by atoms with Crippen LogP contribution in [0.25, 0.3) is 5.69 Å². The van der Waals surface area contributed by atoms with Gasteiger partial charge in [0.05, 0.1) is 5.69 Å². The third-order valence-corrected chi connectivity index (χ3v) is 5.92. The molecule has 1 aromatic carbocycles. The van der Waals surface area contributed by atoms with Gasteiger partial charge in [-0.1, -0.05) is 24.6 Å². The van der Waals surface area contributed by atoms with Crippen molar-refractivity contribution >= 4 is 17.7 Å². The molecule has 0 saturated carbocycles. The molecule has 2 aliphatic rings. The monoisotopic (exact) mass is 342 g/mol. The second-order valence-electron chi connectivity index (χ2n) is 6.47. The zero-order valence-corrected chi connectivity index (χ0v) is 14.6. The maximum absolute atomic E-state index is 12.7. The summed E-state index contributed by atoms with van der Waals surface area (Å²) in [5, 5.41) is 4.68. The van der Waals surface area contributed by atoms with Gasteiger partial charge in [-0.3, -0.25) is 0 Å². The van der Waals surface area contributed by atoms with Gasteiger partial charge in [0.1, 0.15) is 6.10 Å².